The van der Waals surface area contributed by atoms with Crippen LogP contribution in [0.2, 0.25) is 0 Å². The molecule has 0 amide bonds. The van der Waals surface area contributed by atoms with Crippen LogP contribution in [0.1, 0.15) is 5.69 Å². The number of carboxylic acids is 1. The summed E-state index contributed by atoms with van der Waals surface area (Å²) < 4.78 is 1.86. The van der Waals surface area contributed by atoms with Gasteiger partial charge in [0.2, 0.25) is 0 Å². The van der Waals surface area contributed by atoms with Gasteiger partial charge in [0.05, 0.1) is 6.20 Å². The second-order valence-electron chi connectivity index (χ2n) is 2.84. The number of hydrogen-bond acceptors (Lipinski definition) is 1. The Hall–Kier alpha value is -1.55. The van der Waals surface area contributed by atoms with Gasteiger partial charge in [-0.05, 0) is 6.07 Å². The van der Waals surface area contributed by atoms with Gasteiger partial charge >= 0.3 is 5.97 Å². The summed E-state index contributed by atoms with van der Waals surface area (Å²) in [6, 6.07) is 5.69. The second kappa shape index (κ2) is 4.11. The lowest BCUT2D eigenvalue weighted by Crippen LogP contribution is -3.00. The number of aromatic nitrogens is 2. The molecule has 0 aliphatic rings. The van der Waals surface area contributed by atoms with Gasteiger partial charge in [-0.3, -0.25) is 4.79 Å². The highest BCUT2D eigenvalue weighted by molar-refractivity contribution is 5.69. The molecule has 0 aliphatic heterocycles. The normalized spacial score (nSPS) is 9.71. The zero-order chi connectivity index (χ0) is 9.26. The number of carboxylic acid groups (broad SMARTS) is 1. The molecule has 0 unspecified atom stereocenters. The van der Waals surface area contributed by atoms with Gasteiger partial charge in [0, 0.05) is 6.07 Å². The molecule has 0 aromatic carbocycles. The van der Waals surface area contributed by atoms with Crippen LogP contribution in [0.25, 0.3) is 5.65 Å². The monoisotopic (exact) mass is 212 g/mol. The maximum atomic E-state index is 10.4. The van der Waals surface area contributed by atoms with Crippen LogP contribution >= 0.6 is 0 Å². The topological polar surface area (TPSA) is 57.2 Å². The number of aromatic amines is 1. The van der Waals surface area contributed by atoms with Crippen LogP contribution in [-0.4, -0.2) is 16.1 Å². The molecule has 0 aliphatic carbocycles. The van der Waals surface area contributed by atoms with Crippen molar-refractivity contribution in [1.29, 1.82) is 0 Å². The van der Waals surface area contributed by atoms with Crippen LogP contribution < -0.4 is 16.8 Å². The van der Waals surface area contributed by atoms with Crippen LogP contribution in [0.15, 0.2) is 30.6 Å². The predicted octanol–water partition coefficient (Wildman–Crippen LogP) is -2.62. The average Bonchev–Trinajstić information content (AvgIpc) is 2.44. The Morgan fingerprint density at radius 1 is 1.50 bits per heavy atom. The lowest BCUT2D eigenvalue weighted by atomic mass is 10.3. The van der Waals surface area contributed by atoms with Crippen molar-refractivity contribution < 1.29 is 26.7 Å². The highest BCUT2D eigenvalue weighted by atomic mass is 35.5. The number of carbonyl (C=O) groups is 1. The molecule has 5 heteroatoms. The van der Waals surface area contributed by atoms with Gasteiger partial charge in [-0.15, -0.1) is 0 Å². The second-order valence-corrected chi connectivity index (χ2v) is 2.84. The lowest BCUT2D eigenvalue weighted by Gasteiger charge is -1.81. The zero-order valence-electron chi connectivity index (χ0n) is 7.27. The number of H-pyrrole nitrogens is 1. The molecule has 0 fully saturated rings. The number of aliphatic carboxylic acids is 1. The molecule has 4 nitrogen and oxygen atoms in total. The molecule has 0 saturated carbocycles. The van der Waals surface area contributed by atoms with Gasteiger partial charge in [-0.25, -0.2) is 9.38 Å². The lowest BCUT2D eigenvalue weighted by molar-refractivity contribution is -0.510. The quantitative estimate of drug-likeness (QED) is 0.536. The summed E-state index contributed by atoms with van der Waals surface area (Å²) >= 11 is 0. The first-order valence-electron chi connectivity index (χ1n) is 3.95. The first-order valence-corrected chi connectivity index (χ1v) is 3.95. The van der Waals surface area contributed by atoms with E-state index in [0.29, 0.717) is 5.69 Å². The fraction of sp³-hybridized carbons (Fsp3) is 0.111. The standard InChI is InChI=1S/C9H8N2O2.ClH/c12-9(13)5-7-6-11-4-2-1-3-8(11)10-7;/h1-4,6H,5H2,(H,12,13);1H. The number of halogens is 1. The van der Waals surface area contributed by atoms with E-state index >= 15 is 0 Å². The molecular formula is C9H9ClN2O2. The minimum Gasteiger partial charge on any atom is -1.00 e. The molecule has 74 valence electrons. The number of pyridine rings is 1. The van der Waals surface area contributed by atoms with Crippen molar-refractivity contribution in [2.45, 2.75) is 6.42 Å². The van der Waals surface area contributed by atoms with Crippen molar-refractivity contribution in [3.63, 3.8) is 0 Å². The van der Waals surface area contributed by atoms with Crippen LogP contribution in [-0.2, 0) is 11.2 Å². The van der Waals surface area contributed by atoms with E-state index in [1.807, 2.05) is 28.8 Å². The van der Waals surface area contributed by atoms with E-state index in [1.165, 1.54) is 0 Å². The Labute approximate surface area is 86.6 Å². The molecule has 0 saturated heterocycles. The fourth-order valence-corrected chi connectivity index (χ4v) is 1.29. The molecule has 2 rings (SSSR count). The van der Waals surface area contributed by atoms with Crippen LogP contribution in [0.3, 0.4) is 0 Å². The van der Waals surface area contributed by atoms with Gasteiger partial charge in [0.25, 0.3) is 5.65 Å². The molecular weight excluding hydrogens is 204 g/mol. The Balaban J connectivity index is 0.000000980. The summed E-state index contributed by atoms with van der Waals surface area (Å²) in [5, 5.41) is 8.56. The third-order valence-corrected chi connectivity index (χ3v) is 1.82. The van der Waals surface area contributed by atoms with Crippen molar-refractivity contribution in [3.05, 3.63) is 36.3 Å². The van der Waals surface area contributed by atoms with Crippen molar-refractivity contribution in [2.75, 3.05) is 0 Å². The van der Waals surface area contributed by atoms with E-state index in [2.05, 4.69) is 4.98 Å². The van der Waals surface area contributed by atoms with Gasteiger partial charge in [0.1, 0.15) is 12.6 Å². The summed E-state index contributed by atoms with van der Waals surface area (Å²) in [4.78, 5) is 13.4. The highest BCUT2D eigenvalue weighted by Gasteiger charge is 2.10. The highest BCUT2D eigenvalue weighted by Crippen LogP contribution is 1.97. The summed E-state index contributed by atoms with van der Waals surface area (Å²) in [7, 11) is 0. The number of hydrogen-bond donors (Lipinski definition) is 2. The van der Waals surface area contributed by atoms with Gasteiger partial charge < -0.3 is 17.5 Å². The summed E-state index contributed by atoms with van der Waals surface area (Å²) in [5.41, 5.74) is 1.61. The van der Waals surface area contributed by atoms with E-state index in [4.69, 9.17) is 5.11 Å². The molecule has 0 atom stereocenters. The van der Waals surface area contributed by atoms with Crippen molar-refractivity contribution in [1.82, 2.24) is 4.98 Å². The molecule has 2 aromatic rings. The minimum absolute atomic E-state index is 0. The van der Waals surface area contributed by atoms with Crippen molar-refractivity contribution in [3.8, 4) is 0 Å². The van der Waals surface area contributed by atoms with E-state index < -0.39 is 5.97 Å². The van der Waals surface area contributed by atoms with Gasteiger partial charge in [-0.1, -0.05) is 6.07 Å². The summed E-state index contributed by atoms with van der Waals surface area (Å²) in [6.07, 6.45) is 3.68. The number of imidazole rings is 1. The summed E-state index contributed by atoms with van der Waals surface area (Å²) in [6.45, 7) is 0. The first-order chi connectivity index (χ1) is 6.25. The largest absolute Gasteiger partial charge is 1.00 e. The smallest absolute Gasteiger partial charge is 0.311 e. The van der Waals surface area contributed by atoms with Gasteiger partial charge in [0.15, 0.2) is 5.69 Å². The third-order valence-electron chi connectivity index (χ3n) is 1.82. The number of nitrogens with one attached hydrogen (secondary N) is 1. The number of fused-ring (bicyclic) bond motifs is 1. The van der Waals surface area contributed by atoms with Crippen LogP contribution in [0.5, 0.6) is 0 Å². The van der Waals surface area contributed by atoms with Gasteiger partial charge in [-0.2, -0.15) is 0 Å². The summed E-state index contributed by atoms with van der Waals surface area (Å²) in [5.74, 6) is -0.827. The Bertz CT molecular complexity index is 420. The van der Waals surface area contributed by atoms with E-state index in [1.54, 1.807) is 6.20 Å². The van der Waals surface area contributed by atoms with E-state index in [-0.39, 0.29) is 18.8 Å². The molecule has 2 N–H and O–H groups in total. The minimum atomic E-state index is -0.827. The third kappa shape index (κ3) is 2.03. The van der Waals surface area contributed by atoms with Crippen LogP contribution in [0, 0.1) is 0 Å². The maximum Gasteiger partial charge on any atom is 0.311 e. The van der Waals surface area contributed by atoms with E-state index in [9.17, 15) is 4.79 Å². The van der Waals surface area contributed by atoms with Crippen molar-refractivity contribution in [2.24, 2.45) is 0 Å². The Morgan fingerprint density at radius 3 is 2.93 bits per heavy atom. The Morgan fingerprint density at radius 2 is 2.29 bits per heavy atom. The first kappa shape index (κ1) is 10.5. The molecule has 2 heterocycles. The number of rotatable bonds is 2. The molecule has 14 heavy (non-hydrogen) atoms. The van der Waals surface area contributed by atoms with Crippen molar-refractivity contribution >= 4 is 11.6 Å². The SMILES string of the molecule is O=C(O)Cc1c[n+]2ccccc2[nH]1.[Cl-]. The predicted molar refractivity (Wildman–Crippen MR) is 45.3 cm³/mol. The van der Waals surface area contributed by atoms with E-state index in [0.717, 1.165) is 5.65 Å². The number of nitrogens with zero attached hydrogens (tertiary/aromatic N) is 1. The average molecular weight is 213 g/mol. The zero-order valence-corrected chi connectivity index (χ0v) is 8.03. The van der Waals surface area contributed by atoms with Crippen LogP contribution in [0.4, 0.5) is 0 Å². The molecule has 0 spiro atoms. The molecule has 2 aromatic heterocycles. The fourth-order valence-electron chi connectivity index (χ4n) is 1.29. The maximum absolute atomic E-state index is 10.4. The Kier molecular flexibility index (Phi) is 3.09. The molecule has 0 radical (unpaired) electrons. The molecule has 0 bridgehead atoms.